The van der Waals surface area contributed by atoms with Gasteiger partial charge in [-0.05, 0) is 30.5 Å². The number of aromatic nitrogens is 3. The number of benzene rings is 1. The van der Waals surface area contributed by atoms with Crippen molar-refractivity contribution in [1.29, 1.82) is 0 Å². The number of nitrogens with one attached hydrogen (secondary N) is 1. The Bertz CT molecular complexity index is 627. The van der Waals surface area contributed by atoms with Crippen molar-refractivity contribution in [3.8, 4) is 0 Å². The minimum absolute atomic E-state index is 0.334. The average molecular weight is 251 g/mol. The van der Waals surface area contributed by atoms with Crippen molar-refractivity contribution in [1.82, 2.24) is 14.8 Å². The summed E-state index contributed by atoms with van der Waals surface area (Å²) in [6.45, 7) is 0. The molecule has 0 amide bonds. The summed E-state index contributed by atoms with van der Waals surface area (Å²) in [5.74, 6) is -0.622. The SMILES string of the molecule is O=c1[nH]nc2n1[C@@H](c1cc(F)cc(F)c1)CCC2. The van der Waals surface area contributed by atoms with Crippen LogP contribution in [-0.2, 0) is 6.42 Å². The van der Waals surface area contributed by atoms with Gasteiger partial charge in [0.05, 0.1) is 6.04 Å². The molecule has 0 unspecified atom stereocenters. The lowest BCUT2D eigenvalue weighted by Crippen LogP contribution is -2.28. The van der Waals surface area contributed by atoms with E-state index < -0.39 is 11.6 Å². The molecule has 1 aliphatic rings. The van der Waals surface area contributed by atoms with Crippen molar-refractivity contribution < 1.29 is 8.78 Å². The summed E-state index contributed by atoms with van der Waals surface area (Å²) in [5.41, 5.74) is 0.135. The lowest BCUT2D eigenvalue weighted by atomic mass is 9.97. The van der Waals surface area contributed by atoms with Gasteiger partial charge in [-0.1, -0.05) is 0 Å². The Morgan fingerprint density at radius 1 is 1.28 bits per heavy atom. The van der Waals surface area contributed by atoms with Crippen LogP contribution in [0.25, 0.3) is 0 Å². The molecule has 1 aromatic heterocycles. The van der Waals surface area contributed by atoms with Crippen molar-refractivity contribution in [2.45, 2.75) is 25.3 Å². The van der Waals surface area contributed by atoms with Gasteiger partial charge in [-0.15, -0.1) is 0 Å². The maximum Gasteiger partial charge on any atom is 0.343 e. The van der Waals surface area contributed by atoms with Crippen LogP contribution in [0.15, 0.2) is 23.0 Å². The van der Waals surface area contributed by atoms with Crippen LogP contribution in [0.2, 0.25) is 0 Å². The lowest BCUT2D eigenvalue weighted by molar-refractivity contribution is 0.437. The molecule has 0 spiro atoms. The Labute approximate surface area is 101 Å². The fourth-order valence-corrected chi connectivity index (χ4v) is 2.50. The zero-order valence-electron chi connectivity index (χ0n) is 9.49. The summed E-state index contributed by atoms with van der Waals surface area (Å²) in [6.07, 6.45) is 2.22. The van der Waals surface area contributed by atoms with Crippen LogP contribution < -0.4 is 5.69 Å². The number of aromatic amines is 1. The van der Waals surface area contributed by atoms with E-state index >= 15 is 0 Å². The minimum atomic E-state index is -0.631. The van der Waals surface area contributed by atoms with Crippen molar-refractivity contribution in [3.63, 3.8) is 0 Å². The summed E-state index contributed by atoms with van der Waals surface area (Å²) in [5, 5.41) is 6.29. The van der Waals surface area contributed by atoms with Gasteiger partial charge in [0.1, 0.15) is 17.5 Å². The van der Waals surface area contributed by atoms with Gasteiger partial charge < -0.3 is 0 Å². The topological polar surface area (TPSA) is 50.7 Å². The van der Waals surface area contributed by atoms with Crippen molar-refractivity contribution >= 4 is 0 Å². The molecule has 0 saturated heterocycles. The number of nitrogens with zero attached hydrogens (tertiary/aromatic N) is 2. The number of hydrogen-bond donors (Lipinski definition) is 1. The van der Waals surface area contributed by atoms with E-state index in [9.17, 15) is 13.6 Å². The highest BCUT2D eigenvalue weighted by Gasteiger charge is 2.25. The maximum atomic E-state index is 13.2. The Morgan fingerprint density at radius 3 is 2.72 bits per heavy atom. The third-order valence-electron chi connectivity index (χ3n) is 3.24. The Hall–Kier alpha value is -1.98. The van der Waals surface area contributed by atoms with E-state index in [0.29, 0.717) is 24.2 Å². The van der Waals surface area contributed by atoms with E-state index in [2.05, 4.69) is 10.2 Å². The fraction of sp³-hybridized carbons (Fsp3) is 0.333. The van der Waals surface area contributed by atoms with Crippen LogP contribution in [0.4, 0.5) is 8.78 Å². The molecule has 0 aliphatic carbocycles. The highest BCUT2D eigenvalue weighted by atomic mass is 19.1. The molecular weight excluding hydrogens is 240 g/mol. The van der Waals surface area contributed by atoms with Gasteiger partial charge in [0, 0.05) is 12.5 Å². The maximum absolute atomic E-state index is 13.2. The summed E-state index contributed by atoms with van der Waals surface area (Å²) < 4.78 is 28.0. The first-order chi connectivity index (χ1) is 8.65. The van der Waals surface area contributed by atoms with E-state index in [1.165, 1.54) is 16.7 Å². The Morgan fingerprint density at radius 2 is 2.00 bits per heavy atom. The Balaban J connectivity index is 2.13. The Kier molecular flexibility index (Phi) is 2.50. The zero-order chi connectivity index (χ0) is 12.7. The van der Waals surface area contributed by atoms with Crippen molar-refractivity contribution in [3.05, 3.63) is 51.7 Å². The van der Waals surface area contributed by atoms with Gasteiger partial charge in [0.25, 0.3) is 0 Å². The molecule has 0 radical (unpaired) electrons. The van der Waals surface area contributed by atoms with E-state index in [1.807, 2.05) is 0 Å². The monoisotopic (exact) mass is 251 g/mol. The van der Waals surface area contributed by atoms with Gasteiger partial charge in [0.15, 0.2) is 0 Å². The van der Waals surface area contributed by atoms with Gasteiger partial charge in [-0.25, -0.2) is 18.7 Å². The number of H-pyrrole nitrogens is 1. The summed E-state index contributed by atoms with van der Waals surface area (Å²) in [4.78, 5) is 11.7. The molecule has 0 saturated carbocycles. The second-order valence-corrected chi connectivity index (χ2v) is 4.43. The van der Waals surface area contributed by atoms with E-state index in [1.54, 1.807) is 0 Å². The number of fused-ring (bicyclic) bond motifs is 1. The van der Waals surface area contributed by atoms with E-state index in [0.717, 1.165) is 12.5 Å². The predicted molar refractivity (Wildman–Crippen MR) is 60.3 cm³/mol. The van der Waals surface area contributed by atoms with Crippen molar-refractivity contribution in [2.75, 3.05) is 0 Å². The molecule has 0 fully saturated rings. The van der Waals surface area contributed by atoms with E-state index in [4.69, 9.17) is 0 Å². The number of aryl methyl sites for hydroxylation is 1. The summed E-state index contributed by atoms with van der Waals surface area (Å²) >= 11 is 0. The first-order valence-electron chi connectivity index (χ1n) is 5.77. The van der Waals surface area contributed by atoms with E-state index in [-0.39, 0.29) is 11.7 Å². The molecule has 1 aliphatic heterocycles. The summed E-state index contributed by atoms with van der Waals surface area (Å²) in [7, 11) is 0. The highest BCUT2D eigenvalue weighted by Crippen LogP contribution is 2.28. The molecule has 1 N–H and O–H groups in total. The molecule has 6 heteroatoms. The van der Waals surface area contributed by atoms with Gasteiger partial charge in [-0.3, -0.25) is 4.57 Å². The molecular formula is C12H11F2N3O. The first kappa shape index (κ1) is 11.1. The smallest absolute Gasteiger partial charge is 0.271 e. The first-order valence-corrected chi connectivity index (χ1v) is 5.77. The van der Waals surface area contributed by atoms with Crippen LogP contribution in [0.1, 0.15) is 30.3 Å². The normalized spacial score (nSPS) is 18.7. The number of rotatable bonds is 1. The third kappa shape index (κ3) is 1.73. The van der Waals surface area contributed by atoms with Crippen LogP contribution >= 0.6 is 0 Å². The predicted octanol–water partition coefficient (Wildman–Crippen LogP) is 1.78. The molecule has 1 atom stereocenters. The second-order valence-electron chi connectivity index (χ2n) is 4.43. The van der Waals surface area contributed by atoms with Crippen LogP contribution in [0.3, 0.4) is 0 Å². The molecule has 1 aromatic carbocycles. The molecule has 18 heavy (non-hydrogen) atoms. The van der Waals surface area contributed by atoms with Crippen LogP contribution in [-0.4, -0.2) is 14.8 Å². The fourth-order valence-electron chi connectivity index (χ4n) is 2.50. The highest BCUT2D eigenvalue weighted by molar-refractivity contribution is 5.23. The second kappa shape index (κ2) is 4.04. The number of halogens is 2. The minimum Gasteiger partial charge on any atom is -0.271 e. The largest absolute Gasteiger partial charge is 0.343 e. The molecule has 94 valence electrons. The van der Waals surface area contributed by atoms with Gasteiger partial charge >= 0.3 is 5.69 Å². The molecule has 3 rings (SSSR count). The average Bonchev–Trinajstić information content (AvgIpc) is 2.70. The zero-order valence-corrected chi connectivity index (χ0v) is 9.49. The van der Waals surface area contributed by atoms with Gasteiger partial charge in [0.2, 0.25) is 0 Å². The lowest BCUT2D eigenvalue weighted by Gasteiger charge is -2.23. The molecule has 2 aromatic rings. The number of hydrogen-bond acceptors (Lipinski definition) is 2. The third-order valence-corrected chi connectivity index (χ3v) is 3.24. The van der Waals surface area contributed by atoms with Crippen LogP contribution in [0, 0.1) is 11.6 Å². The van der Waals surface area contributed by atoms with Crippen LogP contribution in [0.5, 0.6) is 0 Å². The molecule has 2 heterocycles. The van der Waals surface area contributed by atoms with Gasteiger partial charge in [-0.2, -0.15) is 5.10 Å². The molecule has 0 bridgehead atoms. The standard InChI is InChI=1S/C12H11F2N3O/c13-8-4-7(5-9(14)6-8)10-2-1-3-11-15-16-12(18)17(10)11/h4-6,10H,1-3H2,(H,16,18)/t10-/m1/s1. The quantitative estimate of drug-likeness (QED) is 0.839. The molecule has 4 nitrogen and oxygen atoms in total. The summed E-state index contributed by atoms with van der Waals surface area (Å²) in [6, 6.07) is 3.01. The van der Waals surface area contributed by atoms with Crippen molar-refractivity contribution in [2.24, 2.45) is 0 Å².